The molecule has 0 saturated carbocycles. The van der Waals surface area contributed by atoms with E-state index in [1.807, 2.05) is 24.3 Å². The molecule has 3 N–H and O–H groups in total. The predicted octanol–water partition coefficient (Wildman–Crippen LogP) is 2.37. The van der Waals surface area contributed by atoms with E-state index in [0.717, 1.165) is 15.2 Å². The van der Waals surface area contributed by atoms with Crippen LogP contribution >= 0.6 is 11.3 Å². The van der Waals surface area contributed by atoms with E-state index >= 15 is 0 Å². The van der Waals surface area contributed by atoms with Gasteiger partial charge in [-0.2, -0.15) is 0 Å². The molecule has 1 aromatic heterocycles. The summed E-state index contributed by atoms with van der Waals surface area (Å²) in [6.45, 7) is 0.510. The number of amides is 2. The average Bonchev–Trinajstić information content (AvgIpc) is 2.97. The average molecular weight is 325 g/mol. The lowest BCUT2D eigenvalue weighted by atomic mass is 10.1. The van der Waals surface area contributed by atoms with Gasteiger partial charge in [0.2, 0.25) is 5.91 Å². The van der Waals surface area contributed by atoms with E-state index in [0.29, 0.717) is 24.1 Å². The normalized spacial score (nSPS) is 10.6. The molecule has 5 nitrogen and oxygen atoms in total. The monoisotopic (exact) mass is 325 g/mol. The Hall–Kier alpha value is -2.73. The molecule has 0 bridgehead atoms. The Bertz CT molecular complexity index is 823. The summed E-state index contributed by atoms with van der Waals surface area (Å²) in [4.78, 5) is 27.6. The first kappa shape index (κ1) is 15.2. The number of hydrogen-bond acceptors (Lipinski definition) is 4. The molecular weight excluding hydrogens is 310 g/mol. The third kappa shape index (κ3) is 3.54. The molecule has 0 fully saturated rings. The van der Waals surface area contributed by atoms with Gasteiger partial charge in [-0.25, -0.2) is 4.98 Å². The Balaban J connectivity index is 1.57. The number of primary amides is 1. The van der Waals surface area contributed by atoms with Crippen molar-refractivity contribution in [3.05, 3.63) is 64.7 Å². The van der Waals surface area contributed by atoms with Crippen LogP contribution in [0.4, 0.5) is 0 Å². The summed E-state index contributed by atoms with van der Waals surface area (Å²) in [7, 11) is 0. The van der Waals surface area contributed by atoms with Crippen LogP contribution in [-0.2, 0) is 6.42 Å². The number of carbonyl (C=O) groups excluding carboxylic acids is 2. The fourth-order valence-corrected chi connectivity index (χ4v) is 3.16. The van der Waals surface area contributed by atoms with E-state index in [1.54, 1.807) is 35.6 Å². The minimum atomic E-state index is -0.507. The Morgan fingerprint density at radius 2 is 1.74 bits per heavy atom. The van der Waals surface area contributed by atoms with Gasteiger partial charge >= 0.3 is 0 Å². The largest absolute Gasteiger partial charge is 0.366 e. The zero-order valence-corrected chi connectivity index (χ0v) is 13.1. The fraction of sp³-hybridized carbons (Fsp3) is 0.118. The van der Waals surface area contributed by atoms with Crippen LogP contribution < -0.4 is 11.1 Å². The molecule has 6 heteroatoms. The van der Waals surface area contributed by atoms with Gasteiger partial charge in [0, 0.05) is 24.1 Å². The van der Waals surface area contributed by atoms with Crippen molar-refractivity contribution >= 4 is 33.4 Å². The number of thiazole rings is 1. The summed E-state index contributed by atoms with van der Waals surface area (Å²) in [5.74, 6) is -0.685. The molecular formula is C17H15N3O2S. The Morgan fingerprint density at radius 1 is 1.04 bits per heavy atom. The Kier molecular flexibility index (Phi) is 4.34. The highest BCUT2D eigenvalue weighted by atomic mass is 32.1. The quantitative estimate of drug-likeness (QED) is 0.755. The maximum atomic E-state index is 12.0. The highest BCUT2D eigenvalue weighted by Gasteiger charge is 2.08. The number of hydrogen-bond donors (Lipinski definition) is 2. The lowest BCUT2D eigenvalue weighted by Gasteiger charge is -2.04. The van der Waals surface area contributed by atoms with Crippen LogP contribution in [0, 0.1) is 0 Å². The summed E-state index contributed by atoms with van der Waals surface area (Å²) < 4.78 is 1.15. The summed E-state index contributed by atoms with van der Waals surface area (Å²) >= 11 is 1.64. The summed E-state index contributed by atoms with van der Waals surface area (Å²) in [5.41, 5.74) is 7.04. The molecule has 3 aromatic rings. The number of carbonyl (C=O) groups is 2. The number of nitrogens with one attached hydrogen (secondary N) is 1. The van der Waals surface area contributed by atoms with Crippen LogP contribution in [0.3, 0.4) is 0 Å². The Labute approximate surface area is 137 Å². The molecule has 0 spiro atoms. The van der Waals surface area contributed by atoms with Gasteiger partial charge in [0.25, 0.3) is 5.91 Å². The maximum absolute atomic E-state index is 12.0. The predicted molar refractivity (Wildman–Crippen MR) is 90.6 cm³/mol. The SMILES string of the molecule is NC(=O)c1ccc(C(=O)NCCc2nc3ccccc3s2)cc1. The van der Waals surface area contributed by atoms with Gasteiger partial charge in [-0.15, -0.1) is 11.3 Å². The third-order valence-corrected chi connectivity index (χ3v) is 4.49. The molecule has 116 valence electrons. The second kappa shape index (κ2) is 6.58. The molecule has 0 saturated heterocycles. The fourth-order valence-electron chi connectivity index (χ4n) is 2.20. The number of benzene rings is 2. The number of para-hydroxylation sites is 1. The number of aromatic nitrogens is 1. The molecule has 2 aromatic carbocycles. The first-order chi connectivity index (χ1) is 11.1. The summed E-state index contributed by atoms with van der Waals surface area (Å²) in [5, 5.41) is 3.85. The van der Waals surface area contributed by atoms with Crippen LogP contribution in [0.2, 0.25) is 0 Å². The van der Waals surface area contributed by atoms with Gasteiger partial charge in [-0.05, 0) is 36.4 Å². The number of rotatable bonds is 5. The van der Waals surface area contributed by atoms with Crippen LogP contribution in [0.1, 0.15) is 25.7 Å². The molecule has 23 heavy (non-hydrogen) atoms. The van der Waals surface area contributed by atoms with Gasteiger partial charge in [0.15, 0.2) is 0 Å². The number of nitrogens with two attached hydrogens (primary N) is 1. The van der Waals surface area contributed by atoms with Crippen molar-refractivity contribution in [2.75, 3.05) is 6.54 Å². The third-order valence-electron chi connectivity index (χ3n) is 3.39. The van der Waals surface area contributed by atoms with Crippen molar-refractivity contribution < 1.29 is 9.59 Å². The molecule has 0 aliphatic heterocycles. The van der Waals surface area contributed by atoms with Gasteiger partial charge in [0.05, 0.1) is 15.2 Å². The molecule has 3 rings (SSSR count). The molecule has 0 radical (unpaired) electrons. The van der Waals surface area contributed by atoms with Gasteiger partial charge in [-0.3, -0.25) is 9.59 Å². The number of fused-ring (bicyclic) bond motifs is 1. The van der Waals surface area contributed by atoms with Crippen molar-refractivity contribution in [1.82, 2.24) is 10.3 Å². The second-order valence-corrected chi connectivity index (χ2v) is 6.14. The topological polar surface area (TPSA) is 85.1 Å². The van der Waals surface area contributed by atoms with Crippen molar-refractivity contribution in [1.29, 1.82) is 0 Å². The smallest absolute Gasteiger partial charge is 0.251 e. The van der Waals surface area contributed by atoms with E-state index in [4.69, 9.17) is 5.73 Å². The van der Waals surface area contributed by atoms with Gasteiger partial charge < -0.3 is 11.1 Å². The van der Waals surface area contributed by atoms with Crippen LogP contribution in [0.15, 0.2) is 48.5 Å². The summed E-state index contributed by atoms with van der Waals surface area (Å²) in [6.07, 6.45) is 0.685. The molecule has 1 heterocycles. The lowest BCUT2D eigenvalue weighted by molar-refractivity contribution is 0.0951. The van der Waals surface area contributed by atoms with E-state index in [1.165, 1.54) is 0 Å². The minimum absolute atomic E-state index is 0.179. The first-order valence-electron chi connectivity index (χ1n) is 7.16. The lowest BCUT2D eigenvalue weighted by Crippen LogP contribution is -2.25. The maximum Gasteiger partial charge on any atom is 0.251 e. The van der Waals surface area contributed by atoms with E-state index < -0.39 is 5.91 Å². The van der Waals surface area contributed by atoms with Crippen LogP contribution in [0.25, 0.3) is 10.2 Å². The highest BCUT2D eigenvalue weighted by molar-refractivity contribution is 7.18. The van der Waals surface area contributed by atoms with E-state index in [9.17, 15) is 9.59 Å². The van der Waals surface area contributed by atoms with E-state index in [-0.39, 0.29) is 5.91 Å². The van der Waals surface area contributed by atoms with Crippen LogP contribution in [0.5, 0.6) is 0 Å². The molecule has 0 unspecified atom stereocenters. The van der Waals surface area contributed by atoms with Gasteiger partial charge in [0.1, 0.15) is 0 Å². The Morgan fingerprint density at radius 3 is 2.43 bits per heavy atom. The van der Waals surface area contributed by atoms with Crippen molar-refractivity contribution in [3.63, 3.8) is 0 Å². The second-order valence-electron chi connectivity index (χ2n) is 5.02. The van der Waals surface area contributed by atoms with E-state index in [2.05, 4.69) is 10.3 Å². The molecule has 0 aliphatic carbocycles. The van der Waals surface area contributed by atoms with Gasteiger partial charge in [-0.1, -0.05) is 12.1 Å². The van der Waals surface area contributed by atoms with Crippen molar-refractivity contribution in [2.24, 2.45) is 5.73 Å². The van der Waals surface area contributed by atoms with Crippen molar-refractivity contribution in [2.45, 2.75) is 6.42 Å². The molecule has 0 atom stereocenters. The zero-order chi connectivity index (χ0) is 16.2. The molecule has 2 amide bonds. The standard InChI is InChI=1S/C17H15N3O2S/c18-16(21)11-5-7-12(8-6-11)17(22)19-10-9-15-20-13-3-1-2-4-14(13)23-15/h1-8H,9-10H2,(H2,18,21)(H,19,22). The minimum Gasteiger partial charge on any atom is -0.366 e. The first-order valence-corrected chi connectivity index (χ1v) is 7.97. The summed E-state index contributed by atoms with van der Waals surface area (Å²) in [6, 6.07) is 14.2. The van der Waals surface area contributed by atoms with Crippen LogP contribution in [-0.4, -0.2) is 23.3 Å². The zero-order valence-electron chi connectivity index (χ0n) is 12.3. The highest BCUT2D eigenvalue weighted by Crippen LogP contribution is 2.21. The molecule has 0 aliphatic rings. The number of nitrogens with zero attached hydrogens (tertiary/aromatic N) is 1. The van der Waals surface area contributed by atoms with Crippen molar-refractivity contribution in [3.8, 4) is 0 Å².